The number of amides is 1. The highest BCUT2D eigenvalue weighted by atomic mass is 32.1. The minimum absolute atomic E-state index is 0.117. The maximum Gasteiger partial charge on any atom is 0.221 e. The van der Waals surface area contributed by atoms with Crippen LogP contribution in [-0.2, 0) is 24.2 Å². The average molecular weight is 326 g/mol. The minimum atomic E-state index is -0.117. The zero-order valence-corrected chi connectivity index (χ0v) is 14.0. The first-order valence-corrected chi connectivity index (χ1v) is 8.68. The number of anilines is 1. The predicted octanol–water partition coefficient (Wildman–Crippen LogP) is 1.76. The summed E-state index contributed by atoms with van der Waals surface area (Å²) in [6.45, 7) is 4.57. The van der Waals surface area contributed by atoms with Crippen LogP contribution in [0.5, 0.6) is 0 Å². The van der Waals surface area contributed by atoms with Gasteiger partial charge < -0.3 is 10.2 Å². The minimum Gasteiger partial charge on any atom is -0.330 e. The zero-order chi connectivity index (χ0) is 16.2. The maximum atomic E-state index is 11.3. The maximum absolute atomic E-state index is 11.3. The number of hydrogen-bond donors (Lipinski definition) is 2. The third-order valence-electron chi connectivity index (χ3n) is 4.24. The Morgan fingerprint density at radius 1 is 1.39 bits per heavy atom. The van der Waals surface area contributed by atoms with E-state index in [0.717, 1.165) is 38.0 Å². The monoisotopic (exact) mass is 326 g/mol. The van der Waals surface area contributed by atoms with Gasteiger partial charge in [-0.05, 0) is 11.1 Å². The fourth-order valence-electron chi connectivity index (χ4n) is 3.08. The van der Waals surface area contributed by atoms with Crippen LogP contribution in [0.1, 0.15) is 28.5 Å². The quantitative estimate of drug-likeness (QED) is 0.899. The van der Waals surface area contributed by atoms with E-state index in [4.69, 9.17) is 0 Å². The van der Waals surface area contributed by atoms with E-state index in [1.807, 2.05) is 6.07 Å². The summed E-state index contributed by atoms with van der Waals surface area (Å²) < 4.78 is 0. The van der Waals surface area contributed by atoms with Crippen LogP contribution in [0.15, 0.2) is 30.3 Å². The van der Waals surface area contributed by atoms with Crippen molar-refractivity contribution in [2.45, 2.75) is 26.3 Å². The fourth-order valence-corrected chi connectivity index (χ4v) is 4.40. The van der Waals surface area contributed by atoms with Crippen molar-refractivity contribution in [2.24, 2.45) is 0 Å². The van der Waals surface area contributed by atoms with Crippen molar-refractivity contribution in [2.75, 3.05) is 18.4 Å². The fraction of sp³-hybridized carbons (Fsp3) is 0.333. The molecule has 0 aliphatic carbocycles. The summed E-state index contributed by atoms with van der Waals surface area (Å²) in [5.41, 5.74) is 3.18. The standard InChI is InChI=1S/C18H19N3OS/c1-13(22)20-18-16(11-19)15-8-10-21(12-17(15)23-18)9-7-14-5-3-2-4-6-14/h2-6H,7-10,12H2,1H3,(H,20,22)/p+1. The Hall–Kier alpha value is -2.16. The highest BCUT2D eigenvalue weighted by Crippen LogP contribution is 2.33. The molecule has 2 N–H and O–H groups in total. The van der Waals surface area contributed by atoms with Crippen LogP contribution >= 0.6 is 11.3 Å². The number of carbonyl (C=O) groups excluding carboxylic acids is 1. The summed E-state index contributed by atoms with van der Waals surface area (Å²) in [5.74, 6) is -0.117. The Morgan fingerprint density at radius 2 is 2.17 bits per heavy atom. The van der Waals surface area contributed by atoms with Gasteiger partial charge in [-0.1, -0.05) is 30.3 Å². The molecule has 3 rings (SSSR count). The number of quaternary nitrogens is 1. The first kappa shape index (κ1) is 15.7. The molecular weight excluding hydrogens is 306 g/mol. The summed E-state index contributed by atoms with van der Waals surface area (Å²) in [6, 6.07) is 12.8. The number of rotatable bonds is 4. The van der Waals surface area contributed by atoms with Gasteiger partial charge in [0.05, 0.1) is 23.5 Å². The molecule has 0 saturated heterocycles. The molecule has 1 atom stereocenters. The Labute approximate surface area is 140 Å². The molecule has 1 aromatic heterocycles. The number of carbonyl (C=O) groups is 1. The van der Waals surface area contributed by atoms with Gasteiger partial charge in [0.2, 0.25) is 5.91 Å². The van der Waals surface area contributed by atoms with E-state index in [1.165, 1.54) is 17.4 Å². The Morgan fingerprint density at radius 3 is 2.87 bits per heavy atom. The SMILES string of the molecule is CC(=O)Nc1sc2c(c1C#N)CC[NH+](CCc1ccccc1)C2. The van der Waals surface area contributed by atoms with E-state index >= 15 is 0 Å². The van der Waals surface area contributed by atoms with Crippen LogP contribution in [0, 0.1) is 11.3 Å². The van der Waals surface area contributed by atoms with Crippen molar-refractivity contribution >= 4 is 22.2 Å². The highest BCUT2D eigenvalue weighted by Gasteiger charge is 2.27. The van der Waals surface area contributed by atoms with Gasteiger partial charge in [-0.2, -0.15) is 5.26 Å². The van der Waals surface area contributed by atoms with Crippen molar-refractivity contribution in [3.63, 3.8) is 0 Å². The number of thiophene rings is 1. The first-order valence-electron chi connectivity index (χ1n) is 7.87. The molecular formula is C18H20N3OS+. The molecule has 0 saturated carbocycles. The first-order chi connectivity index (χ1) is 11.2. The smallest absolute Gasteiger partial charge is 0.221 e. The number of nitrogens with one attached hydrogen (secondary N) is 2. The van der Waals surface area contributed by atoms with E-state index in [-0.39, 0.29) is 5.91 Å². The van der Waals surface area contributed by atoms with Gasteiger partial charge >= 0.3 is 0 Å². The van der Waals surface area contributed by atoms with Crippen LogP contribution in [0.25, 0.3) is 0 Å². The molecule has 2 aromatic rings. The lowest BCUT2D eigenvalue weighted by molar-refractivity contribution is -0.915. The highest BCUT2D eigenvalue weighted by molar-refractivity contribution is 7.16. The van der Waals surface area contributed by atoms with E-state index in [2.05, 4.69) is 35.7 Å². The predicted molar refractivity (Wildman–Crippen MR) is 91.6 cm³/mol. The Balaban J connectivity index is 1.70. The molecule has 0 radical (unpaired) electrons. The number of fused-ring (bicyclic) bond motifs is 1. The molecule has 0 spiro atoms. The van der Waals surface area contributed by atoms with Gasteiger partial charge in [0, 0.05) is 19.8 Å². The summed E-state index contributed by atoms with van der Waals surface area (Å²) in [4.78, 5) is 14.1. The van der Waals surface area contributed by atoms with Crippen LogP contribution in [-0.4, -0.2) is 19.0 Å². The molecule has 1 aromatic carbocycles. The van der Waals surface area contributed by atoms with E-state index < -0.39 is 0 Å². The third-order valence-corrected chi connectivity index (χ3v) is 5.39. The summed E-state index contributed by atoms with van der Waals surface area (Å²) in [7, 11) is 0. The molecule has 1 unspecified atom stereocenters. The van der Waals surface area contributed by atoms with Crippen molar-refractivity contribution in [3.05, 3.63) is 51.9 Å². The van der Waals surface area contributed by atoms with E-state index in [0.29, 0.717) is 10.6 Å². The van der Waals surface area contributed by atoms with Crippen molar-refractivity contribution in [1.82, 2.24) is 0 Å². The topological polar surface area (TPSA) is 57.3 Å². The number of benzene rings is 1. The largest absolute Gasteiger partial charge is 0.330 e. The second-order valence-electron chi connectivity index (χ2n) is 5.91. The van der Waals surface area contributed by atoms with Crippen LogP contribution in [0.2, 0.25) is 0 Å². The van der Waals surface area contributed by atoms with Gasteiger partial charge in [-0.15, -0.1) is 11.3 Å². The molecule has 1 aliphatic rings. The van der Waals surface area contributed by atoms with Crippen LogP contribution < -0.4 is 10.2 Å². The van der Waals surface area contributed by atoms with Gasteiger partial charge in [0.15, 0.2) is 0 Å². The summed E-state index contributed by atoms with van der Waals surface area (Å²) in [5, 5.41) is 12.9. The van der Waals surface area contributed by atoms with Crippen LogP contribution in [0.3, 0.4) is 0 Å². The lowest BCUT2D eigenvalue weighted by Gasteiger charge is -2.23. The van der Waals surface area contributed by atoms with E-state index in [9.17, 15) is 10.1 Å². The molecule has 23 heavy (non-hydrogen) atoms. The number of hydrogen-bond acceptors (Lipinski definition) is 3. The third kappa shape index (κ3) is 3.61. The van der Waals surface area contributed by atoms with Crippen molar-refractivity contribution in [3.8, 4) is 6.07 Å². The Kier molecular flexibility index (Phi) is 4.75. The molecule has 1 aliphatic heterocycles. The van der Waals surface area contributed by atoms with Crippen molar-refractivity contribution < 1.29 is 9.69 Å². The molecule has 5 heteroatoms. The molecule has 4 nitrogen and oxygen atoms in total. The van der Waals surface area contributed by atoms with Crippen LogP contribution in [0.4, 0.5) is 5.00 Å². The van der Waals surface area contributed by atoms with E-state index in [1.54, 1.807) is 16.2 Å². The van der Waals surface area contributed by atoms with Gasteiger partial charge in [-0.25, -0.2) is 0 Å². The normalized spacial score (nSPS) is 16.4. The number of nitriles is 1. The van der Waals surface area contributed by atoms with Gasteiger partial charge in [-0.3, -0.25) is 4.79 Å². The summed E-state index contributed by atoms with van der Waals surface area (Å²) in [6.07, 6.45) is 1.99. The van der Waals surface area contributed by atoms with Gasteiger partial charge in [0.1, 0.15) is 17.6 Å². The Bertz CT molecular complexity index is 746. The molecule has 1 amide bonds. The molecule has 118 valence electrons. The lowest BCUT2D eigenvalue weighted by Crippen LogP contribution is -3.11. The average Bonchev–Trinajstić information content (AvgIpc) is 2.89. The molecule has 2 heterocycles. The van der Waals surface area contributed by atoms with Gasteiger partial charge in [0.25, 0.3) is 0 Å². The second kappa shape index (κ2) is 6.95. The number of nitrogens with zero attached hydrogens (tertiary/aromatic N) is 1. The molecule has 0 fully saturated rings. The lowest BCUT2D eigenvalue weighted by atomic mass is 10.0. The zero-order valence-electron chi connectivity index (χ0n) is 13.2. The molecule has 0 bridgehead atoms. The second-order valence-corrected chi connectivity index (χ2v) is 7.02. The van der Waals surface area contributed by atoms with Crippen molar-refractivity contribution in [1.29, 1.82) is 5.26 Å². The summed E-state index contributed by atoms with van der Waals surface area (Å²) >= 11 is 1.57.